The molecule has 4 heteroatoms. The lowest BCUT2D eigenvalue weighted by atomic mass is 9.69. The summed E-state index contributed by atoms with van der Waals surface area (Å²) in [6.45, 7) is 3.14. The number of hydrogen-bond acceptors (Lipinski definition) is 3. The summed E-state index contributed by atoms with van der Waals surface area (Å²) in [5.41, 5.74) is 7.72. The highest BCUT2D eigenvalue weighted by atomic mass is 16.2. The number of rotatable bonds is 6. The molecule has 1 aliphatic carbocycles. The summed E-state index contributed by atoms with van der Waals surface area (Å²) in [7, 11) is 4.13. The van der Waals surface area contributed by atoms with Crippen LogP contribution in [0.1, 0.15) is 43.2 Å². The highest BCUT2D eigenvalue weighted by Gasteiger charge is 2.36. The lowest BCUT2D eigenvalue weighted by Crippen LogP contribution is -2.36. The Kier molecular flexibility index (Phi) is 5.94. The van der Waals surface area contributed by atoms with Gasteiger partial charge in [0, 0.05) is 12.5 Å². The molecule has 1 aromatic carbocycles. The average molecular weight is 316 g/mol. The van der Waals surface area contributed by atoms with Gasteiger partial charge < -0.3 is 10.6 Å². The second kappa shape index (κ2) is 7.73. The quantitative estimate of drug-likeness (QED) is 0.820. The summed E-state index contributed by atoms with van der Waals surface area (Å²) in [4.78, 5) is 25.8. The van der Waals surface area contributed by atoms with Gasteiger partial charge in [0.25, 0.3) is 5.91 Å². The monoisotopic (exact) mass is 316 g/mol. The molecule has 1 unspecified atom stereocenters. The van der Waals surface area contributed by atoms with Gasteiger partial charge in [-0.3, -0.25) is 9.59 Å². The molecule has 1 fully saturated rings. The topological polar surface area (TPSA) is 63.4 Å². The molecule has 1 aliphatic rings. The molecule has 0 radical (unpaired) electrons. The van der Waals surface area contributed by atoms with Gasteiger partial charge in [-0.1, -0.05) is 37.6 Å². The van der Waals surface area contributed by atoms with Gasteiger partial charge in [0.05, 0.1) is 0 Å². The fraction of sp³-hybridized carbons (Fsp3) is 0.579. The van der Waals surface area contributed by atoms with Gasteiger partial charge in [0.1, 0.15) is 0 Å². The molecule has 0 heterocycles. The van der Waals surface area contributed by atoms with Crippen LogP contribution in [0.5, 0.6) is 0 Å². The summed E-state index contributed by atoms with van der Waals surface area (Å²) in [5.74, 6) is -0.875. The lowest BCUT2D eigenvalue weighted by molar-refractivity contribution is -0.139. The van der Waals surface area contributed by atoms with Gasteiger partial charge in [0.2, 0.25) is 5.78 Å². The molecule has 2 N–H and O–H groups in total. The molecule has 0 aliphatic heterocycles. The zero-order valence-electron chi connectivity index (χ0n) is 14.4. The maximum Gasteiger partial charge on any atom is 0.285 e. The van der Waals surface area contributed by atoms with E-state index in [0.717, 1.165) is 32.2 Å². The number of likely N-dealkylation sites (N-methyl/N-ethyl adjacent to an activating group) is 1. The molecule has 1 amide bonds. The molecule has 3 atom stereocenters. The summed E-state index contributed by atoms with van der Waals surface area (Å²) in [5, 5.41) is 0. The van der Waals surface area contributed by atoms with E-state index in [1.807, 2.05) is 0 Å². The van der Waals surface area contributed by atoms with Gasteiger partial charge in [-0.15, -0.1) is 0 Å². The molecule has 0 saturated heterocycles. The van der Waals surface area contributed by atoms with E-state index in [1.54, 1.807) is 0 Å². The first kappa shape index (κ1) is 17.7. The van der Waals surface area contributed by atoms with Crippen molar-refractivity contribution in [2.24, 2.45) is 17.6 Å². The van der Waals surface area contributed by atoms with Crippen molar-refractivity contribution in [2.75, 3.05) is 20.6 Å². The van der Waals surface area contributed by atoms with Crippen molar-refractivity contribution >= 4 is 11.7 Å². The number of nitrogens with zero attached hydrogens (tertiary/aromatic N) is 1. The van der Waals surface area contributed by atoms with Crippen molar-refractivity contribution in [3.05, 3.63) is 35.4 Å². The Hall–Kier alpha value is -1.68. The van der Waals surface area contributed by atoms with Crippen LogP contribution in [0.2, 0.25) is 0 Å². The van der Waals surface area contributed by atoms with Crippen molar-refractivity contribution < 1.29 is 9.59 Å². The minimum atomic E-state index is -0.794. The van der Waals surface area contributed by atoms with Gasteiger partial charge in [-0.2, -0.15) is 0 Å². The third-order valence-electron chi connectivity index (χ3n) is 4.92. The summed E-state index contributed by atoms with van der Waals surface area (Å²) in [6.07, 6.45) is 3.78. The highest BCUT2D eigenvalue weighted by molar-refractivity contribution is 6.36. The van der Waals surface area contributed by atoms with Crippen LogP contribution in [-0.4, -0.2) is 37.2 Å². The SMILES string of the molecule is C[C@H]1CC[C@H](c2cccc(CCN(C)C)c2)C(C(=O)C(N)=O)C1. The number of nitrogens with two attached hydrogens (primary N) is 1. The van der Waals surface area contributed by atoms with E-state index in [4.69, 9.17) is 5.73 Å². The first-order chi connectivity index (χ1) is 10.9. The predicted molar refractivity (Wildman–Crippen MR) is 92.1 cm³/mol. The van der Waals surface area contributed by atoms with Crippen molar-refractivity contribution in [3.8, 4) is 0 Å². The predicted octanol–water partition coefficient (Wildman–Crippen LogP) is 2.36. The normalized spacial score (nSPS) is 24.6. The van der Waals surface area contributed by atoms with E-state index in [0.29, 0.717) is 5.92 Å². The van der Waals surface area contributed by atoms with E-state index in [9.17, 15) is 9.59 Å². The molecule has 2 rings (SSSR count). The van der Waals surface area contributed by atoms with Crippen LogP contribution in [0.25, 0.3) is 0 Å². The maximum absolute atomic E-state index is 12.2. The molecule has 0 aromatic heterocycles. The third-order valence-corrected chi connectivity index (χ3v) is 4.92. The van der Waals surface area contributed by atoms with Crippen LogP contribution in [0.3, 0.4) is 0 Å². The Bertz CT molecular complexity index is 568. The smallest absolute Gasteiger partial charge is 0.285 e. The Morgan fingerprint density at radius 3 is 2.65 bits per heavy atom. The Balaban J connectivity index is 2.21. The molecule has 23 heavy (non-hydrogen) atoms. The molecular weight excluding hydrogens is 288 g/mol. The minimum Gasteiger partial charge on any atom is -0.363 e. The van der Waals surface area contributed by atoms with Gasteiger partial charge in [-0.05, 0) is 56.3 Å². The largest absolute Gasteiger partial charge is 0.363 e. The molecule has 4 nitrogen and oxygen atoms in total. The molecule has 0 bridgehead atoms. The van der Waals surface area contributed by atoms with Crippen LogP contribution in [0, 0.1) is 11.8 Å². The molecule has 1 aromatic rings. The Labute approximate surface area is 139 Å². The van der Waals surface area contributed by atoms with Crippen LogP contribution in [0.15, 0.2) is 24.3 Å². The van der Waals surface area contributed by atoms with Gasteiger partial charge in [-0.25, -0.2) is 0 Å². The van der Waals surface area contributed by atoms with Crippen LogP contribution in [0.4, 0.5) is 0 Å². The van der Waals surface area contributed by atoms with E-state index >= 15 is 0 Å². The first-order valence-corrected chi connectivity index (χ1v) is 8.45. The Morgan fingerprint density at radius 1 is 1.26 bits per heavy atom. The average Bonchev–Trinajstić information content (AvgIpc) is 2.52. The second-order valence-electron chi connectivity index (χ2n) is 7.16. The molecular formula is C19H28N2O2. The molecule has 0 spiro atoms. The van der Waals surface area contributed by atoms with Crippen molar-refractivity contribution in [2.45, 2.75) is 38.5 Å². The van der Waals surface area contributed by atoms with E-state index < -0.39 is 11.7 Å². The van der Waals surface area contributed by atoms with E-state index in [2.05, 4.69) is 50.2 Å². The van der Waals surface area contributed by atoms with Crippen molar-refractivity contribution in [1.29, 1.82) is 0 Å². The summed E-state index contributed by atoms with van der Waals surface area (Å²) >= 11 is 0. The zero-order chi connectivity index (χ0) is 17.0. The van der Waals surface area contributed by atoms with Gasteiger partial charge in [0.15, 0.2) is 0 Å². The Morgan fingerprint density at radius 2 is 2.00 bits per heavy atom. The van der Waals surface area contributed by atoms with Crippen LogP contribution in [-0.2, 0) is 16.0 Å². The maximum atomic E-state index is 12.2. The highest BCUT2D eigenvalue weighted by Crippen LogP contribution is 2.41. The van der Waals surface area contributed by atoms with Crippen LogP contribution < -0.4 is 5.73 Å². The van der Waals surface area contributed by atoms with Crippen molar-refractivity contribution in [1.82, 2.24) is 4.90 Å². The number of ketones is 1. The van der Waals surface area contributed by atoms with Crippen molar-refractivity contribution in [3.63, 3.8) is 0 Å². The number of Topliss-reactive ketones (excluding diaryl/α,β-unsaturated/α-hetero) is 1. The summed E-state index contributed by atoms with van der Waals surface area (Å²) in [6, 6.07) is 8.47. The van der Waals surface area contributed by atoms with Gasteiger partial charge >= 0.3 is 0 Å². The lowest BCUT2D eigenvalue weighted by Gasteiger charge is -2.33. The number of amides is 1. The second-order valence-corrected chi connectivity index (χ2v) is 7.16. The number of benzene rings is 1. The van der Waals surface area contributed by atoms with Crippen LogP contribution >= 0.6 is 0 Å². The molecule has 126 valence electrons. The van der Waals surface area contributed by atoms with E-state index in [1.165, 1.54) is 11.1 Å². The van der Waals surface area contributed by atoms with E-state index in [-0.39, 0.29) is 11.8 Å². The standard InChI is InChI=1S/C19H28N2O2/c1-13-7-8-16(17(11-13)18(22)19(20)23)15-6-4-5-14(12-15)9-10-21(2)3/h4-6,12-13,16-17H,7-11H2,1-3H3,(H2,20,23)/t13-,16+,17?/m0/s1. The third kappa shape index (κ3) is 4.64. The number of carbonyl (C=O) groups is 2. The fourth-order valence-electron chi connectivity index (χ4n) is 3.58. The fourth-order valence-corrected chi connectivity index (χ4v) is 3.58. The number of carbonyl (C=O) groups excluding carboxylic acids is 2. The summed E-state index contributed by atoms with van der Waals surface area (Å²) < 4.78 is 0. The number of primary amides is 1. The first-order valence-electron chi connectivity index (χ1n) is 8.45. The zero-order valence-corrected chi connectivity index (χ0v) is 14.4. The minimum absolute atomic E-state index is 0.116. The number of hydrogen-bond donors (Lipinski definition) is 1. The molecule has 1 saturated carbocycles.